The van der Waals surface area contributed by atoms with E-state index in [-0.39, 0.29) is 6.04 Å². The van der Waals surface area contributed by atoms with Crippen LogP contribution in [0.15, 0.2) is 30.3 Å². The van der Waals surface area contributed by atoms with Gasteiger partial charge in [0.05, 0.1) is 29.2 Å². The Kier molecular flexibility index (Phi) is 3.20. The maximum atomic E-state index is 5.89. The highest BCUT2D eigenvalue weighted by Gasteiger charge is 2.28. The number of hydrogen-bond acceptors (Lipinski definition) is 6. The predicted molar refractivity (Wildman–Crippen MR) is 88.4 cm³/mol. The summed E-state index contributed by atoms with van der Waals surface area (Å²) in [6.45, 7) is 0.872. The van der Waals surface area contributed by atoms with Gasteiger partial charge in [0.1, 0.15) is 0 Å². The maximum Gasteiger partial charge on any atom is 0.218 e. The zero-order chi connectivity index (χ0) is 15.1. The molecule has 1 aromatic carbocycles. The smallest absolute Gasteiger partial charge is 0.218 e. The van der Waals surface area contributed by atoms with Gasteiger partial charge in [0.2, 0.25) is 5.88 Å². The van der Waals surface area contributed by atoms with E-state index in [1.54, 1.807) is 7.11 Å². The summed E-state index contributed by atoms with van der Waals surface area (Å²) in [5.74, 6) is 0.649. The zero-order valence-electron chi connectivity index (χ0n) is 12.2. The molecule has 112 valence electrons. The summed E-state index contributed by atoms with van der Waals surface area (Å²) in [5, 5.41) is 5.26. The minimum Gasteiger partial charge on any atom is -0.481 e. The van der Waals surface area contributed by atoms with Gasteiger partial charge in [-0.1, -0.05) is 18.2 Å². The number of anilines is 1. The Morgan fingerprint density at radius 2 is 2.18 bits per heavy atom. The molecule has 0 aliphatic carbocycles. The molecule has 0 saturated heterocycles. The number of ether oxygens (including phenoxy) is 1. The molecule has 3 N–H and O–H groups in total. The molecule has 4 rings (SSSR count). The average Bonchev–Trinajstić information content (AvgIpc) is 2.93. The minimum atomic E-state index is 0.0330. The quantitative estimate of drug-likeness (QED) is 0.760. The normalized spacial score (nSPS) is 17.4. The molecular weight excluding hydrogens is 296 g/mol. The zero-order valence-corrected chi connectivity index (χ0v) is 13.0. The van der Waals surface area contributed by atoms with Crippen LogP contribution in [-0.4, -0.2) is 23.6 Å². The number of thiazole rings is 1. The molecular formula is C16H16N4OS. The van der Waals surface area contributed by atoms with Crippen LogP contribution in [0.3, 0.4) is 0 Å². The number of nitrogens with two attached hydrogens (primary N) is 1. The summed E-state index contributed by atoms with van der Waals surface area (Å²) in [5.41, 5.74) is 8.94. The van der Waals surface area contributed by atoms with Crippen molar-refractivity contribution >= 4 is 27.4 Å². The molecule has 0 radical (unpaired) electrons. The number of rotatable bonds is 2. The van der Waals surface area contributed by atoms with Crippen LogP contribution < -0.4 is 15.8 Å². The summed E-state index contributed by atoms with van der Waals surface area (Å²) in [4.78, 5) is 10.2. The lowest BCUT2D eigenvalue weighted by molar-refractivity contribution is 0.388. The number of aromatic nitrogens is 2. The molecule has 22 heavy (non-hydrogen) atoms. The lowest BCUT2D eigenvalue weighted by Gasteiger charge is -2.24. The van der Waals surface area contributed by atoms with Crippen LogP contribution in [0, 0.1) is 0 Å². The Morgan fingerprint density at radius 1 is 1.32 bits per heavy atom. The highest BCUT2D eigenvalue weighted by molar-refractivity contribution is 7.15. The van der Waals surface area contributed by atoms with Gasteiger partial charge < -0.3 is 15.8 Å². The third-order valence-corrected chi connectivity index (χ3v) is 4.93. The Hall–Kier alpha value is -2.18. The summed E-state index contributed by atoms with van der Waals surface area (Å²) in [7, 11) is 1.66. The van der Waals surface area contributed by atoms with Crippen LogP contribution in [0.2, 0.25) is 0 Å². The lowest BCUT2D eigenvalue weighted by atomic mass is 9.99. The Morgan fingerprint density at radius 3 is 3.05 bits per heavy atom. The second kappa shape index (κ2) is 5.23. The van der Waals surface area contributed by atoms with Gasteiger partial charge in [0.25, 0.3) is 0 Å². The first-order valence-electron chi connectivity index (χ1n) is 7.18. The summed E-state index contributed by atoms with van der Waals surface area (Å²) in [6, 6.07) is 10.2. The van der Waals surface area contributed by atoms with E-state index < -0.39 is 0 Å². The van der Waals surface area contributed by atoms with Crippen molar-refractivity contribution in [3.8, 4) is 5.88 Å². The number of hydrogen-bond donors (Lipinski definition) is 2. The van der Waals surface area contributed by atoms with Crippen molar-refractivity contribution in [1.82, 2.24) is 15.3 Å². The van der Waals surface area contributed by atoms with Crippen LogP contribution in [0.1, 0.15) is 22.2 Å². The first kappa shape index (κ1) is 13.5. The molecule has 3 aromatic rings. The SMILES string of the molecule is COc1nc2ccccc2cc1C1NCCc2nc(N)sc21. The molecule has 3 heterocycles. The highest BCUT2D eigenvalue weighted by atomic mass is 32.1. The lowest BCUT2D eigenvalue weighted by Crippen LogP contribution is -2.30. The predicted octanol–water partition coefficient (Wildman–Crippen LogP) is 2.52. The van der Waals surface area contributed by atoms with Crippen molar-refractivity contribution in [2.45, 2.75) is 12.5 Å². The van der Waals surface area contributed by atoms with Gasteiger partial charge in [-0.3, -0.25) is 0 Å². The molecule has 1 atom stereocenters. The maximum absolute atomic E-state index is 5.89. The van der Waals surface area contributed by atoms with Crippen LogP contribution in [0.4, 0.5) is 5.13 Å². The number of nitrogens with zero attached hydrogens (tertiary/aromatic N) is 2. The van der Waals surface area contributed by atoms with Gasteiger partial charge in [0, 0.05) is 23.9 Å². The van der Waals surface area contributed by atoms with E-state index in [1.807, 2.05) is 18.2 Å². The van der Waals surface area contributed by atoms with Gasteiger partial charge in [-0.05, 0) is 12.1 Å². The number of nitrogens with one attached hydrogen (secondary N) is 1. The van der Waals surface area contributed by atoms with Gasteiger partial charge in [-0.15, -0.1) is 11.3 Å². The molecule has 1 unspecified atom stereocenters. The highest BCUT2D eigenvalue weighted by Crippen LogP contribution is 2.38. The fourth-order valence-corrected chi connectivity index (χ4v) is 3.93. The fraction of sp³-hybridized carbons (Fsp3) is 0.250. The number of benzene rings is 1. The first-order valence-corrected chi connectivity index (χ1v) is 8.00. The van der Waals surface area contributed by atoms with E-state index in [4.69, 9.17) is 10.5 Å². The summed E-state index contributed by atoms with van der Waals surface area (Å²) >= 11 is 1.54. The second-order valence-electron chi connectivity index (χ2n) is 5.28. The van der Waals surface area contributed by atoms with Crippen LogP contribution in [0.25, 0.3) is 10.9 Å². The molecule has 5 nitrogen and oxygen atoms in total. The second-order valence-corrected chi connectivity index (χ2v) is 6.34. The van der Waals surface area contributed by atoms with Crippen molar-refractivity contribution in [2.75, 3.05) is 19.4 Å². The van der Waals surface area contributed by atoms with Crippen LogP contribution in [0.5, 0.6) is 5.88 Å². The number of nitrogen functional groups attached to an aromatic ring is 1. The van der Waals surface area contributed by atoms with Gasteiger partial charge in [0.15, 0.2) is 5.13 Å². The molecule has 0 amide bonds. The van der Waals surface area contributed by atoms with Crippen molar-refractivity contribution in [1.29, 1.82) is 0 Å². The van der Waals surface area contributed by atoms with E-state index in [2.05, 4.69) is 27.4 Å². The van der Waals surface area contributed by atoms with Crippen molar-refractivity contribution < 1.29 is 4.74 Å². The monoisotopic (exact) mass is 312 g/mol. The van der Waals surface area contributed by atoms with Crippen molar-refractivity contribution in [3.05, 3.63) is 46.5 Å². The third kappa shape index (κ3) is 2.12. The number of para-hydroxylation sites is 1. The summed E-state index contributed by atoms with van der Waals surface area (Å²) < 4.78 is 5.53. The standard InChI is InChI=1S/C16H16N4OS/c1-21-15-10(8-9-4-2-3-5-11(9)19-15)13-14-12(6-7-18-13)20-16(17)22-14/h2-5,8,13,18H,6-7H2,1H3,(H2,17,20). The van der Waals surface area contributed by atoms with Crippen LogP contribution in [-0.2, 0) is 6.42 Å². The van der Waals surface area contributed by atoms with E-state index in [9.17, 15) is 0 Å². The summed E-state index contributed by atoms with van der Waals surface area (Å²) in [6.07, 6.45) is 0.906. The Labute approximate surface area is 132 Å². The Balaban J connectivity index is 1.90. The Bertz CT molecular complexity index is 845. The molecule has 0 fully saturated rings. The van der Waals surface area contributed by atoms with Gasteiger partial charge >= 0.3 is 0 Å². The molecule has 1 aliphatic heterocycles. The fourth-order valence-electron chi connectivity index (χ4n) is 2.95. The third-order valence-electron chi connectivity index (χ3n) is 3.94. The van der Waals surface area contributed by atoms with E-state index >= 15 is 0 Å². The topological polar surface area (TPSA) is 73.1 Å². The van der Waals surface area contributed by atoms with Gasteiger partial charge in [-0.2, -0.15) is 0 Å². The molecule has 2 aromatic heterocycles. The number of fused-ring (bicyclic) bond motifs is 2. The number of pyridine rings is 1. The number of methoxy groups -OCH3 is 1. The van der Waals surface area contributed by atoms with Crippen LogP contribution >= 0.6 is 11.3 Å². The largest absolute Gasteiger partial charge is 0.481 e. The van der Waals surface area contributed by atoms with Crippen molar-refractivity contribution in [2.24, 2.45) is 0 Å². The van der Waals surface area contributed by atoms with E-state index in [1.165, 1.54) is 16.2 Å². The molecule has 0 saturated carbocycles. The van der Waals surface area contributed by atoms with E-state index in [0.717, 1.165) is 35.1 Å². The molecule has 6 heteroatoms. The molecule has 1 aliphatic rings. The van der Waals surface area contributed by atoms with E-state index in [0.29, 0.717) is 11.0 Å². The molecule has 0 bridgehead atoms. The molecule has 0 spiro atoms. The minimum absolute atomic E-state index is 0.0330. The van der Waals surface area contributed by atoms with Gasteiger partial charge in [-0.25, -0.2) is 9.97 Å². The first-order chi connectivity index (χ1) is 10.8. The average molecular weight is 312 g/mol. The van der Waals surface area contributed by atoms with Crippen molar-refractivity contribution in [3.63, 3.8) is 0 Å².